The summed E-state index contributed by atoms with van der Waals surface area (Å²) in [5, 5.41) is 8.18. The highest BCUT2D eigenvalue weighted by Gasteiger charge is 2.20. The third-order valence-electron chi connectivity index (χ3n) is 11.1. The molecule has 0 aliphatic carbocycles. The Labute approximate surface area is 309 Å². The summed E-state index contributed by atoms with van der Waals surface area (Å²) in [6.45, 7) is 0. The Bertz CT molecular complexity index is 3430. The zero-order valence-electron chi connectivity index (χ0n) is 29.0. The fraction of sp³-hybridized carbons (Fsp3) is 0. The van der Waals surface area contributed by atoms with Gasteiger partial charge < -0.3 is 13.4 Å². The van der Waals surface area contributed by atoms with Crippen LogP contribution in [-0.4, -0.2) is 9.13 Å². The minimum atomic E-state index is 0.872. The lowest BCUT2D eigenvalue weighted by Crippen LogP contribution is -1.93. The molecule has 0 unspecified atom stereocenters. The number of hydrogen-bond donors (Lipinski definition) is 0. The first-order valence-corrected chi connectivity index (χ1v) is 18.3. The number of benzene rings is 8. The minimum Gasteiger partial charge on any atom is -0.456 e. The van der Waals surface area contributed by atoms with Crippen molar-refractivity contribution in [2.75, 3.05) is 0 Å². The molecule has 0 aliphatic rings. The summed E-state index contributed by atoms with van der Waals surface area (Å²) in [5.74, 6) is 0. The summed E-state index contributed by atoms with van der Waals surface area (Å²) in [4.78, 5) is 0. The predicted octanol–water partition coefficient (Wildman–Crippen LogP) is 13.9. The summed E-state index contributed by atoms with van der Waals surface area (Å²) in [5.41, 5.74) is 14.0. The molecule has 0 saturated carbocycles. The molecule has 4 aromatic heterocycles. The Hall–Kier alpha value is -7.30. The molecule has 4 heteroatoms. The highest BCUT2D eigenvalue weighted by Crippen LogP contribution is 2.41. The van der Waals surface area contributed by atoms with Gasteiger partial charge in [-0.3, -0.25) is 4.57 Å². The first-order valence-electron chi connectivity index (χ1n) is 18.3. The summed E-state index contributed by atoms with van der Waals surface area (Å²) in [6, 6.07) is 64.9. The standard InChI is InChI=1S/C50H30N2O2/c1-2-10-35(11-3-1)52-45-26-23-34(29-42(45)49-39-14-6-9-17-47(39)54-50(49)52)32-20-18-31(19-21-32)33-22-25-44-40(28-33)37-12-4-7-15-43(37)51(44)36-24-27-48-41(30-36)38-13-5-8-16-46(38)53-48/h1-30H. The van der Waals surface area contributed by atoms with Crippen molar-refractivity contribution in [2.24, 2.45) is 0 Å². The van der Waals surface area contributed by atoms with Gasteiger partial charge in [0.05, 0.1) is 21.9 Å². The van der Waals surface area contributed by atoms with Crippen molar-refractivity contribution in [3.63, 3.8) is 0 Å². The molecule has 0 bridgehead atoms. The lowest BCUT2D eigenvalue weighted by molar-refractivity contribution is 0.645. The highest BCUT2D eigenvalue weighted by molar-refractivity contribution is 6.20. The van der Waals surface area contributed by atoms with E-state index in [9.17, 15) is 0 Å². The molecule has 54 heavy (non-hydrogen) atoms. The third-order valence-corrected chi connectivity index (χ3v) is 11.1. The molecule has 0 radical (unpaired) electrons. The van der Waals surface area contributed by atoms with Crippen molar-refractivity contribution < 1.29 is 8.83 Å². The molecule has 0 saturated heterocycles. The summed E-state index contributed by atoms with van der Waals surface area (Å²) in [6.07, 6.45) is 0. The second-order valence-corrected chi connectivity index (χ2v) is 14.1. The molecule has 12 aromatic rings. The Kier molecular flexibility index (Phi) is 6.02. The van der Waals surface area contributed by atoms with E-state index in [2.05, 4.69) is 167 Å². The van der Waals surface area contributed by atoms with Crippen LogP contribution in [0.5, 0.6) is 0 Å². The van der Waals surface area contributed by atoms with Gasteiger partial charge in [0.2, 0.25) is 5.71 Å². The van der Waals surface area contributed by atoms with Crippen molar-refractivity contribution in [3.8, 4) is 33.6 Å². The number of furan rings is 2. The molecule has 0 fully saturated rings. The lowest BCUT2D eigenvalue weighted by atomic mass is 9.98. The van der Waals surface area contributed by atoms with E-state index in [1.54, 1.807) is 0 Å². The number of hydrogen-bond acceptors (Lipinski definition) is 2. The summed E-state index contributed by atoms with van der Waals surface area (Å²) < 4.78 is 17.3. The first-order chi connectivity index (χ1) is 26.8. The normalized spacial score (nSPS) is 12.1. The maximum absolute atomic E-state index is 6.50. The maximum atomic E-state index is 6.50. The Morgan fingerprint density at radius 3 is 1.61 bits per heavy atom. The zero-order chi connectivity index (χ0) is 35.3. The first kappa shape index (κ1) is 29.3. The number of nitrogens with zero attached hydrogens (tertiary/aromatic N) is 2. The van der Waals surface area contributed by atoms with Crippen molar-refractivity contribution in [1.82, 2.24) is 9.13 Å². The van der Waals surface area contributed by atoms with Gasteiger partial charge in [-0.2, -0.15) is 0 Å². The van der Waals surface area contributed by atoms with E-state index in [0.717, 1.165) is 60.9 Å². The molecule has 4 nitrogen and oxygen atoms in total. The predicted molar refractivity (Wildman–Crippen MR) is 223 cm³/mol. The van der Waals surface area contributed by atoms with Gasteiger partial charge in [-0.25, -0.2) is 0 Å². The monoisotopic (exact) mass is 690 g/mol. The number of para-hydroxylation sites is 4. The number of fused-ring (bicyclic) bond motifs is 11. The van der Waals surface area contributed by atoms with E-state index in [4.69, 9.17) is 8.83 Å². The average Bonchev–Trinajstić information content (AvgIpc) is 3.97. The molecule has 8 aromatic carbocycles. The molecule has 0 atom stereocenters. The maximum Gasteiger partial charge on any atom is 0.213 e. The number of aromatic nitrogens is 2. The zero-order valence-corrected chi connectivity index (χ0v) is 29.0. The van der Waals surface area contributed by atoms with E-state index in [1.165, 1.54) is 49.4 Å². The molecule has 4 heterocycles. The fourth-order valence-corrected chi connectivity index (χ4v) is 8.64. The molecule has 0 aliphatic heterocycles. The lowest BCUT2D eigenvalue weighted by Gasteiger charge is -2.09. The van der Waals surface area contributed by atoms with Gasteiger partial charge in [0.25, 0.3) is 0 Å². The van der Waals surface area contributed by atoms with Crippen LogP contribution in [0, 0.1) is 0 Å². The molecule has 0 spiro atoms. The smallest absolute Gasteiger partial charge is 0.213 e. The highest BCUT2D eigenvalue weighted by atomic mass is 16.3. The van der Waals surface area contributed by atoms with Crippen LogP contribution >= 0.6 is 0 Å². The van der Waals surface area contributed by atoms with Crippen LogP contribution in [0.2, 0.25) is 0 Å². The topological polar surface area (TPSA) is 36.1 Å². The third kappa shape index (κ3) is 4.19. The van der Waals surface area contributed by atoms with Gasteiger partial charge >= 0.3 is 0 Å². The fourth-order valence-electron chi connectivity index (χ4n) is 8.64. The average molecular weight is 691 g/mol. The second kappa shape index (κ2) is 11.1. The van der Waals surface area contributed by atoms with E-state index in [1.807, 2.05) is 24.3 Å². The SMILES string of the molecule is c1ccc(-n2c3ccc(-c4ccc(-c5ccc6c(c5)c5ccccc5n6-c5ccc6oc7ccccc7c6c5)cc4)cc3c3c4ccccc4oc32)cc1. The molecular weight excluding hydrogens is 661 g/mol. The Morgan fingerprint density at radius 2 is 0.852 bits per heavy atom. The van der Waals surface area contributed by atoms with Gasteiger partial charge in [-0.05, 0) is 95.1 Å². The largest absolute Gasteiger partial charge is 0.456 e. The van der Waals surface area contributed by atoms with Crippen molar-refractivity contribution >= 4 is 76.7 Å². The van der Waals surface area contributed by atoms with Crippen molar-refractivity contribution in [1.29, 1.82) is 0 Å². The minimum absolute atomic E-state index is 0.872. The van der Waals surface area contributed by atoms with Crippen LogP contribution in [0.1, 0.15) is 0 Å². The van der Waals surface area contributed by atoms with Gasteiger partial charge in [-0.1, -0.05) is 109 Å². The van der Waals surface area contributed by atoms with Crippen molar-refractivity contribution in [3.05, 3.63) is 182 Å². The molecule has 0 N–H and O–H groups in total. The summed E-state index contributed by atoms with van der Waals surface area (Å²) >= 11 is 0. The van der Waals surface area contributed by atoms with Crippen LogP contribution in [-0.2, 0) is 0 Å². The molecule has 0 amide bonds. The van der Waals surface area contributed by atoms with Crippen molar-refractivity contribution in [2.45, 2.75) is 0 Å². The number of rotatable bonds is 4. The van der Waals surface area contributed by atoms with E-state index in [0.29, 0.717) is 0 Å². The van der Waals surface area contributed by atoms with Gasteiger partial charge in [-0.15, -0.1) is 0 Å². The van der Waals surface area contributed by atoms with Gasteiger partial charge in [0.1, 0.15) is 16.7 Å². The van der Waals surface area contributed by atoms with Gasteiger partial charge in [0, 0.05) is 43.7 Å². The van der Waals surface area contributed by atoms with Crippen LogP contribution in [0.4, 0.5) is 0 Å². The Morgan fingerprint density at radius 1 is 0.296 bits per heavy atom. The Balaban J connectivity index is 0.959. The molecule has 252 valence electrons. The van der Waals surface area contributed by atoms with E-state index >= 15 is 0 Å². The van der Waals surface area contributed by atoms with Crippen LogP contribution in [0.25, 0.3) is 110 Å². The van der Waals surface area contributed by atoms with E-state index < -0.39 is 0 Å². The van der Waals surface area contributed by atoms with Gasteiger partial charge in [0.15, 0.2) is 0 Å². The van der Waals surface area contributed by atoms with Crippen LogP contribution in [0.3, 0.4) is 0 Å². The molecule has 12 rings (SSSR count). The van der Waals surface area contributed by atoms with Crippen LogP contribution in [0.15, 0.2) is 191 Å². The quantitative estimate of drug-likeness (QED) is 0.184. The van der Waals surface area contributed by atoms with Crippen LogP contribution < -0.4 is 0 Å². The summed E-state index contributed by atoms with van der Waals surface area (Å²) in [7, 11) is 0. The second-order valence-electron chi connectivity index (χ2n) is 14.1. The molecular formula is C50H30N2O2. The van der Waals surface area contributed by atoms with E-state index in [-0.39, 0.29) is 0 Å².